The van der Waals surface area contributed by atoms with Gasteiger partial charge in [0.1, 0.15) is 0 Å². The van der Waals surface area contributed by atoms with Crippen molar-refractivity contribution in [1.29, 1.82) is 0 Å². The summed E-state index contributed by atoms with van der Waals surface area (Å²) in [6.07, 6.45) is 11.8. The average Bonchev–Trinajstić information content (AvgIpc) is 2.47. The van der Waals surface area contributed by atoms with E-state index in [2.05, 4.69) is 77.2 Å². The molecule has 1 aliphatic rings. The number of hydrogen-bond donors (Lipinski definition) is 0. The monoisotopic (exact) mass is 294 g/mol. The van der Waals surface area contributed by atoms with E-state index in [0.29, 0.717) is 0 Å². The van der Waals surface area contributed by atoms with E-state index in [0.717, 1.165) is 6.42 Å². The van der Waals surface area contributed by atoms with Gasteiger partial charge in [-0.1, -0.05) is 42.5 Å². The minimum absolute atomic E-state index is 1.02. The summed E-state index contributed by atoms with van der Waals surface area (Å²) in [4.78, 5) is 0. The number of rotatable bonds is 1. The molecular formula is C13H11I. The minimum atomic E-state index is 1.02. The molecule has 2 rings (SSSR count). The van der Waals surface area contributed by atoms with Crippen LogP contribution in [-0.4, -0.2) is 0 Å². The van der Waals surface area contributed by atoms with Crippen molar-refractivity contribution in [2.24, 2.45) is 0 Å². The van der Waals surface area contributed by atoms with E-state index in [4.69, 9.17) is 0 Å². The maximum Gasteiger partial charge on any atom is 0.0130 e. The first-order chi connectivity index (χ1) is 6.86. The fourth-order valence-electron chi connectivity index (χ4n) is 1.44. The molecule has 0 atom stereocenters. The van der Waals surface area contributed by atoms with Crippen LogP contribution in [0.1, 0.15) is 12.0 Å². The third kappa shape index (κ3) is 2.35. The molecule has 0 bridgehead atoms. The summed E-state index contributed by atoms with van der Waals surface area (Å²) in [5.41, 5.74) is 2.61. The molecule has 0 fully saturated rings. The minimum Gasteiger partial charge on any atom is -0.0807 e. The summed E-state index contributed by atoms with van der Waals surface area (Å²) >= 11 is 2.33. The van der Waals surface area contributed by atoms with Crippen LogP contribution in [-0.2, 0) is 0 Å². The number of benzene rings is 1. The lowest BCUT2D eigenvalue weighted by atomic mass is 10.1. The topological polar surface area (TPSA) is 0 Å². The van der Waals surface area contributed by atoms with Crippen molar-refractivity contribution in [3.8, 4) is 0 Å². The van der Waals surface area contributed by atoms with Gasteiger partial charge in [0.15, 0.2) is 0 Å². The van der Waals surface area contributed by atoms with E-state index in [1.165, 1.54) is 14.7 Å². The molecule has 0 aromatic heterocycles. The Labute approximate surface area is 98.2 Å². The second kappa shape index (κ2) is 4.60. The van der Waals surface area contributed by atoms with Gasteiger partial charge < -0.3 is 0 Å². The highest BCUT2D eigenvalue weighted by molar-refractivity contribution is 14.1. The predicted octanol–water partition coefficient (Wildman–Crippen LogP) is 4.19. The summed E-state index contributed by atoms with van der Waals surface area (Å²) < 4.78 is 1.28. The second-order valence-electron chi connectivity index (χ2n) is 3.19. The number of allylic oxidation sites excluding steroid dienone is 6. The molecule has 1 aromatic carbocycles. The van der Waals surface area contributed by atoms with Crippen LogP contribution in [0.5, 0.6) is 0 Å². The highest BCUT2D eigenvalue weighted by atomic mass is 127. The van der Waals surface area contributed by atoms with Crippen LogP contribution in [0, 0.1) is 3.57 Å². The van der Waals surface area contributed by atoms with Gasteiger partial charge in [0, 0.05) is 3.57 Å². The van der Waals surface area contributed by atoms with Crippen LogP contribution in [0.2, 0.25) is 0 Å². The number of halogens is 1. The van der Waals surface area contributed by atoms with E-state index in [-0.39, 0.29) is 0 Å². The van der Waals surface area contributed by atoms with E-state index in [9.17, 15) is 0 Å². The van der Waals surface area contributed by atoms with Gasteiger partial charge >= 0.3 is 0 Å². The molecule has 0 unspecified atom stereocenters. The summed E-state index contributed by atoms with van der Waals surface area (Å²) in [7, 11) is 0. The van der Waals surface area contributed by atoms with Crippen LogP contribution in [0.15, 0.2) is 54.6 Å². The summed E-state index contributed by atoms with van der Waals surface area (Å²) in [6, 6.07) is 8.62. The molecule has 70 valence electrons. The molecular weight excluding hydrogens is 283 g/mol. The van der Waals surface area contributed by atoms with Crippen molar-refractivity contribution < 1.29 is 0 Å². The Morgan fingerprint density at radius 2 is 1.79 bits per heavy atom. The van der Waals surface area contributed by atoms with Gasteiger partial charge in [0.2, 0.25) is 0 Å². The third-order valence-electron chi connectivity index (χ3n) is 2.17. The quantitative estimate of drug-likeness (QED) is 0.681. The van der Waals surface area contributed by atoms with Crippen LogP contribution in [0.4, 0.5) is 0 Å². The Morgan fingerprint density at radius 3 is 2.57 bits per heavy atom. The lowest BCUT2D eigenvalue weighted by Gasteiger charge is -2.01. The van der Waals surface area contributed by atoms with Gasteiger partial charge in [0.25, 0.3) is 0 Å². The van der Waals surface area contributed by atoms with Crippen molar-refractivity contribution in [1.82, 2.24) is 0 Å². The van der Waals surface area contributed by atoms with E-state index >= 15 is 0 Å². The average molecular weight is 294 g/mol. The lowest BCUT2D eigenvalue weighted by Crippen LogP contribution is -1.80. The van der Waals surface area contributed by atoms with Gasteiger partial charge in [-0.05, 0) is 52.3 Å². The Morgan fingerprint density at radius 1 is 1.00 bits per heavy atom. The Bertz CT molecular complexity index is 394. The molecule has 0 radical (unpaired) electrons. The first-order valence-electron chi connectivity index (χ1n) is 4.65. The maximum absolute atomic E-state index is 2.33. The molecule has 14 heavy (non-hydrogen) atoms. The second-order valence-corrected chi connectivity index (χ2v) is 4.43. The van der Waals surface area contributed by atoms with Gasteiger partial charge in [0.05, 0.1) is 0 Å². The first-order valence-corrected chi connectivity index (χ1v) is 5.73. The van der Waals surface area contributed by atoms with Gasteiger partial charge in [-0.2, -0.15) is 0 Å². The fraction of sp³-hybridized carbons (Fsp3) is 0.0769. The van der Waals surface area contributed by atoms with Crippen molar-refractivity contribution >= 4 is 28.2 Å². The van der Waals surface area contributed by atoms with Gasteiger partial charge in [-0.15, -0.1) is 0 Å². The zero-order chi connectivity index (χ0) is 9.80. The lowest BCUT2D eigenvalue weighted by molar-refractivity contribution is 1.40. The van der Waals surface area contributed by atoms with Crippen molar-refractivity contribution in [2.75, 3.05) is 0 Å². The van der Waals surface area contributed by atoms with Gasteiger partial charge in [-0.3, -0.25) is 0 Å². The smallest absolute Gasteiger partial charge is 0.0130 e. The standard InChI is InChI=1S/C13H11I/c14-13-9-7-12(8-10-13)11-5-3-1-2-4-6-11/h1-3,5-10H,4H2. The Balaban J connectivity index is 2.31. The fourth-order valence-corrected chi connectivity index (χ4v) is 1.80. The molecule has 1 heteroatoms. The van der Waals surface area contributed by atoms with Crippen molar-refractivity contribution in [3.05, 3.63) is 63.8 Å². The number of hydrogen-bond acceptors (Lipinski definition) is 0. The summed E-state index contributed by atoms with van der Waals surface area (Å²) in [5.74, 6) is 0. The molecule has 0 nitrogen and oxygen atoms in total. The zero-order valence-corrected chi connectivity index (χ0v) is 9.94. The van der Waals surface area contributed by atoms with Crippen LogP contribution in [0.3, 0.4) is 0 Å². The molecule has 0 aliphatic heterocycles. The largest absolute Gasteiger partial charge is 0.0807 e. The van der Waals surface area contributed by atoms with E-state index in [1.807, 2.05) is 0 Å². The summed E-state index contributed by atoms with van der Waals surface area (Å²) in [5, 5.41) is 0. The highest BCUT2D eigenvalue weighted by Gasteiger charge is 1.97. The molecule has 0 saturated heterocycles. The van der Waals surface area contributed by atoms with E-state index < -0.39 is 0 Å². The zero-order valence-electron chi connectivity index (χ0n) is 7.78. The van der Waals surface area contributed by atoms with Crippen LogP contribution in [0.25, 0.3) is 5.57 Å². The summed E-state index contributed by atoms with van der Waals surface area (Å²) in [6.45, 7) is 0. The molecule has 1 aliphatic carbocycles. The van der Waals surface area contributed by atoms with Crippen LogP contribution >= 0.6 is 22.6 Å². The highest BCUT2D eigenvalue weighted by Crippen LogP contribution is 2.19. The first kappa shape index (κ1) is 9.71. The van der Waals surface area contributed by atoms with Crippen molar-refractivity contribution in [3.63, 3.8) is 0 Å². The Hall–Kier alpha value is -0.830. The predicted molar refractivity (Wildman–Crippen MR) is 70.0 cm³/mol. The SMILES string of the molecule is Ic1ccc(C2=CCC=CC=C2)cc1. The molecule has 0 N–H and O–H groups in total. The van der Waals surface area contributed by atoms with E-state index in [1.54, 1.807) is 0 Å². The molecule has 0 spiro atoms. The van der Waals surface area contributed by atoms with Crippen LogP contribution < -0.4 is 0 Å². The third-order valence-corrected chi connectivity index (χ3v) is 2.89. The molecule has 0 saturated carbocycles. The Kier molecular flexibility index (Phi) is 3.19. The molecule has 1 aromatic rings. The maximum atomic E-state index is 2.33. The van der Waals surface area contributed by atoms with Crippen molar-refractivity contribution in [2.45, 2.75) is 6.42 Å². The molecule has 0 heterocycles. The molecule has 0 amide bonds. The normalized spacial score (nSPS) is 15.1. The van der Waals surface area contributed by atoms with Gasteiger partial charge in [-0.25, -0.2) is 0 Å².